The van der Waals surface area contributed by atoms with Gasteiger partial charge in [0, 0.05) is 0 Å². The minimum Gasteiger partial charge on any atom is -1.00 e. The molecule has 5 rings (SSSR count). The van der Waals surface area contributed by atoms with Crippen molar-refractivity contribution in [2.75, 3.05) is 0 Å². The molecule has 2 aromatic rings. The molecular weight excluding hydrogens is 575 g/mol. The van der Waals surface area contributed by atoms with Crippen molar-refractivity contribution in [3.8, 4) is 0 Å². The van der Waals surface area contributed by atoms with Crippen LogP contribution >= 0.6 is 0 Å². The topological polar surface area (TPSA) is 0 Å². The first-order chi connectivity index (χ1) is 16.0. The van der Waals surface area contributed by atoms with Crippen LogP contribution in [0.4, 0.5) is 0 Å². The molecule has 0 aromatic heterocycles. The van der Waals surface area contributed by atoms with Gasteiger partial charge >= 0.3 is 221 Å². The normalized spacial score (nSPS) is 18.8. The van der Waals surface area contributed by atoms with Crippen molar-refractivity contribution in [2.45, 2.75) is 68.2 Å². The van der Waals surface area contributed by atoms with Crippen molar-refractivity contribution >= 4 is 18.4 Å². The molecule has 0 atom stereocenters. The average molecular weight is 613 g/mol. The van der Waals surface area contributed by atoms with Crippen molar-refractivity contribution in [3.63, 3.8) is 0 Å². The quantitative estimate of drug-likeness (QED) is 0.451. The summed E-state index contributed by atoms with van der Waals surface area (Å²) in [5.74, 6) is 0. The van der Waals surface area contributed by atoms with Gasteiger partial charge in [-0.2, -0.15) is 0 Å². The summed E-state index contributed by atoms with van der Waals surface area (Å²) < 4.78 is 3.69. The molecule has 0 radical (unpaired) electrons. The van der Waals surface area contributed by atoms with E-state index in [2.05, 4.69) is 116 Å². The minimum absolute atomic E-state index is 0. The van der Waals surface area contributed by atoms with Gasteiger partial charge in [0.1, 0.15) is 0 Å². The molecule has 3 aliphatic rings. The molecule has 4 heteroatoms. The van der Waals surface area contributed by atoms with E-state index < -0.39 is 31.3 Å². The predicted octanol–water partition coefficient (Wildman–Crippen LogP) is 1.47. The second-order valence-corrected chi connectivity index (χ2v) is 19.6. The molecule has 1 aliphatic heterocycles. The maximum atomic E-state index is 2.50. The van der Waals surface area contributed by atoms with E-state index in [1.165, 1.54) is 12.8 Å². The van der Waals surface area contributed by atoms with Crippen molar-refractivity contribution in [1.29, 1.82) is 0 Å². The molecule has 0 nitrogen and oxygen atoms in total. The summed E-state index contributed by atoms with van der Waals surface area (Å²) in [6.07, 6.45) is 2.44. The zero-order chi connectivity index (χ0) is 24.5. The average Bonchev–Trinajstić information content (AvgIpc) is 3.32. The monoisotopic (exact) mass is 610 g/mol. The molecule has 188 valence electrons. The van der Waals surface area contributed by atoms with E-state index in [-0.39, 0.29) is 35.6 Å². The molecule has 0 spiro atoms. The summed E-state index contributed by atoms with van der Waals surface area (Å²) >= 11 is -0.774. The summed E-state index contributed by atoms with van der Waals surface area (Å²) in [7, 11) is -2.49. The molecule has 1 heterocycles. The van der Waals surface area contributed by atoms with Gasteiger partial charge in [-0.1, -0.05) is 0 Å². The van der Waals surface area contributed by atoms with Gasteiger partial charge in [0.2, 0.25) is 0 Å². The molecule has 4 bridgehead atoms. The number of halogens is 2. The van der Waals surface area contributed by atoms with Crippen LogP contribution in [0, 0.1) is 10.8 Å². The Labute approximate surface area is 243 Å². The van der Waals surface area contributed by atoms with Crippen molar-refractivity contribution in [1.82, 2.24) is 0 Å². The summed E-state index contributed by atoms with van der Waals surface area (Å²) in [5, 5.41) is 6.63. The summed E-state index contributed by atoms with van der Waals surface area (Å²) in [6, 6.07) is 23.3. The van der Waals surface area contributed by atoms with Gasteiger partial charge in [0.15, 0.2) is 0 Å². The second kappa shape index (κ2) is 10.3. The Hall–Kier alpha value is -0.920. The van der Waals surface area contributed by atoms with Gasteiger partial charge in [-0.3, -0.25) is 0 Å². The van der Waals surface area contributed by atoms with E-state index in [9.17, 15) is 0 Å². The van der Waals surface area contributed by atoms with Crippen LogP contribution in [-0.2, 0) is 23.2 Å². The Morgan fingerprint density at radius 3 is 1.22 bits per heavy atom. The number of hydrogen-bond acceptors (Lipinski definition) is 0. The third-order valence-corrected chi connectivity index (χ3v) is 17.7. The van der Waals surface area contributed by atoms with Crippen molar-refractivity contribution < 1.29 is 48.0 Å². The zero-order valence-electron chi connectivity index (χ0n) is 22.9. The minimum atomic E-state index is -2.49. The molecule has 0 fully saturated rings. The standard InChI is InChI=1S/C32H38Si.2ClH.Zr/c1-23-19-21-27(31(3,4)5)29(23)33(25-15-11-9-12-16-25,26-17-13-10-14-18-26)30-24(2)20-22-28(30)32(6,7)8;;;/h9-18H,21-22H2,1-8H3;2*1H;/q;;;+2/p-2. The largest absolute Gasteiger partial charge is 1.00 e. The third kappa shape index (κ3) is 4.49. The Morgan fingerprint density at radius 2 is 0.917 bits per heavy atom. The van der Waals surface area contributed by atoms with Crippen LogP contribution in [0.15, 0.2) is 99.9 Å². The first-order valence-electron chi connectivity index (χ1n) is 12.7. The molecule has 0 amide bonds. The first kappa shape index (κ1) is 29.6. The fraction of sp³-hybridized carbons (Fsp3) is 0.375. The van der Waals surface area contributed by atoms with E-state index in [4.69, 9.17) is 0 Å². The van der Waals surface area contributed by atoms with E-state index in [1.54, 1.807) is 43.1 Å². The van der Waals surface area contributed by atoms with E-state index in [0.717, 1.165) is 0 Å². The van der Waals surface area contributed by atoms with Crippen LogP contribution < -0.4 is 35.2 Å². The van der Waals surface area contributed by atoms with Gasteiger partial charge in [-0.15, -0.1) is 0 Å². The van der Waals surface area contributed by atoms with Crippen LogP contribution in [-0.4, -0.2) is 8.07 Å². The number of rotatable bonds is 2. The van der Waals surface area contributed by atoms with Gasteiger partial charge in [-0.25, -0.2) is 0 Å². The predicted molar refractivity (Wildman–Crippen MR) is 146 cm³/mol. The van der Waals surface area contributed by atoms with E-state index in [1.807, 2.05) is 6.56 Å². The molecule has 0 saturated carbocycles. The van der Waals surface area contributed by atoms with Crippen LogP contribution in [0.5, 0.6) is 0 Å². The summed E-state index contributed by atoms with van der Waals surface area (Å²) in [5.41, 5.74) is 7.14. The molecule has 2 aliphatic carbocycles. The van der Waals surface area contributed by atoms with Crippen molar-refractivity contribution in [2.24, 2.45) is 10.8 Å². The Balaban J connectivity index is 0.00000180. The Bertz CT molecular complexity index is 1180. The number of fused-ring (bicyclic) bond motifs is 2. The molecule has 2 aromatic carbocycles. The van der Waals surface area contributed by atoms with Crippen molar-refractivity contribution in [3.05, 3.63) is 99.9 Å². The van der Waals surface area contributed by atoms with Gasteiger partial charge in [0.05, 0.1) is 0 Å². The SMILES string of the molecule is CC1=[C]2CC(C(C)(C)C)=C1[Si](c1ccccc1)(c1ccccc1)C1=C(C(C)(C)C)C[C](=C1C)[Zr+2]2.[Cl-].[Cl-]. The van der Waals surface area contributed by atoms with Crippen LogP contribution in [0.3, 0.4) is 0 Å². The fourth-order valence-corrected chi connectivity index (χ4v) is 17.3. The van der Waals surface area contributed by atoms with Crippen LogP contribution in [0.2, 0.25) is 0 Å². The second-order valence-electron chi connectivity index (χ2n) is 12.4. The summed E-state index contributed by atoms with van der Waals surface area (Å²) in [4.78, 5) is 0. The Kier molecular flexibility index (Phi) is 8.50. The smallest absolute Gasteiger partial charge is 1.00 e. The molecule has 0 N–H and O–H groups in total. The number of hydrogen-bond donors (Lipinski definition) is 0. The van der Waals surface area contributed by atoms with Gasteiger partial charge in [0.25, 0.3) is 0 Å². The maximum absolute atomic E-state index is 2.50. The first-order valence-corrected chi connectivity index (χ1v) is 17.2. The van der Waals surface area contributed by atoms with Crippen LogP contribution in [0.1, 0.15) is 68.2 Å². The maximum Gasteiger partial charge on any atom is -1.00 e. The summed E-state index contributed by atoms with van der Waals surface area (Å²) in [6.45, 7) is 19.7. The molecular formula is C32H38Cl2SiZr. The number of benzene rings is 2. The third-order valence-electron chi connectivity index (χ3n) is 8.24. The number of allylic oxidation sites excluding steroid dienone is 8. The van der Waals surface area contributed by atoms with E-state index >= 15 is 0 Å². The van der Waals surface area contributed by atoms with Crippen LogP contribution in [0.25, 0.3) is 0 Å². The van der Waals surface area contributed by atoms with Gasteiger partial charge in [-0.05, 0) is 0 Å². The molecule has 0 unspecified atom stereocenters. The van der Waals surface area contributed by atoms with Gasteiger partial charge < -0.3 is 24.8 Å². The zero-order valence-corrected chi connectivity index (χ0v) is 27.9. The molecule has 36 heavy (non-hydrogen) atoms. The Morgan fingerprint density at radius 1 is 0.583 bits per heavy atom. The van der Waals surface area contributed by atoms with E-state index in [0.29, 0.717) is 0 Å². The molecule has 0 saturated heterocycles. The fourth-order valence-electron chi connectivity index (χ4n) is 6.55.